The predicted molar refractivity (Wildman–Crippen MR) is 187 cm³/mol. The number of methoxy groups -OCH3 is 1. The molecule has 0 saturated heterocycles. The van der Waals surface area contributed by atoms with Gasteiger partial charge in [0, 0.05) is 13.3 Å². The first-order valence-corrected chi connectivity index (χ1v) is 17.8. The third kappa shape index (κ3) is 9.02. The van der Waals surface area contributed by atoms with Crippen LogP contribution in [0.4, 0.5) is 0 Å². The number of carboxylic acids is 1. The molecule has 262 valence electrons. The third-order valence-corrected chi connectivity index (χ3v) is 12.5. The fourth-order valence-corrected chi connectivity index (χ4v) is 9.46. The van der Waals surface area contributed by atoms with E-state index in [9.17, 15) is 14.7 Å². The van der Waals surface area contributed by atoms with E-state index < -0.39 is 5.97 Å². The van der Waals surface area contributed by atoms with Crippen molar-refractivity contribution in [2.45, 2.75) is 146 Å². The van der Waals surface area contributed by atoms with Gasteiger partial charge in [0.25, 0.3) is 5.97 Å². The minimum absolute atomic E-state index is 0.0143. The minimum atomic E-state index is -0.833. The standard InChI is InChI=1S/C32H52O.C6H10O3.C2H4O2/c1-20(2)21(3)13-14-22(4)25-11-10-12-26-24-15-16-28-30(6,7)23(5)17-18-31(28,8)29(24)27(33)19-32(25,26)9;1-5(7)3-4-6(8)9-2;1-2(3)4/h12,20,22-23,25,27-28,33H,3,10-11,13-19H2,1-2,4-9H3;3-4H2,1-2H3;1H3,(H,3,4)/t22-,23+,25?,27+,28?,31?,32?;;/m1../s1. The van der Waals surface area contributed by atoms with Crippen molar-refractivity contribution in [2.24, 2.45) is 45.8 Å². The predicted octanol–water partition coefficient (Wildman–Crippen LogP) is 9.51. The Bertz CT molecular complexity index is 1170. The molecular formula is C40H66O6. The van der Waals surface area contributed by atoms with Crippen molar-refractivity contribution in [3.05, 3.63) is 34.9 Å². The molecule has 0 radical (unpaired) electrons. The number of aliphatic carboxylic acids is 1. The first-order valence-electron chi connectivity index (χ1n) is 17.8. The molecule has 4 aliphatic rings. The number of allylic oxidation sites excluding steroid dienone is 4. The summed E-state index contributed by atoms with van der Waals surface area (Å²) in [6.07, 6.45) is 13.6. The summed E-state index contributed by atoms with van der Waals surface area (Å²) < 4.78 is 4.31. The molecule has 1 fully saturated rings. The number of hydrogen-bond donors (Lipinski definition) is 2. The highest BCUT2D eigenvalue weighted by Crippen LogP contribution is 2.67. The van der Waals surface area contributed by atoms with Crippen LogP contribution in [0.3, 0.4) is 0 Å². The molecule has 2 N–H and O–H groups in total. The van der Waals surface area contributed by atoms with Crippen LogP contribution in [0.2, 0.25) is 0 Å². The number of carbonyl (C=O) groups excluding carboxylic acids is 2. The molecule has 1 saturated carbocycles. The van der Waals surface area contributed by atoms with Crippen LogP contribution >= 0.6 is 0 Å². The van der Waals surface area contributed by atoms with Gasteiger partial charge >= 0.3 is 5.97 Å². The summed E-state index contributed by atoms with van der Waals surface area (Å²) in [5.74, 6) is 2.22. The zero-order valence-electron chi connectivity index (χ0n) is 31.1. The van der Waals surface area contributed by atoms with Crippen molar-refractivity contribution in [1.29, 1.82) is 0 Å². The molecule has 46 heavy (non-hydrogen) atoms. The molecule has 0 aliphatic heterocycles. The Hall–Kier alpha value is -2.21. The Balaban J connectivity index is 0.000000479. The van der Waals surface area contributed by atoms with E-state index in [-0.39, 0.29) is 41.5 Å². The maximum Gasteiger partial charge on any atom is 0.305 e. The second-order valence-corrected chi connectivity index (χ2v) is 16.2. The molecular weight excluding hydrogens is 576 g/mol. The number of aliphatic hydroxyl groups is 1. The molecule has 0 heterocycles. The van der Waals surface area contributed by atoms with Crippen LogP contribution < -0.4 is 0 Å². The van der Waals surface area contributed by atoms with Crippen LogP contribution in [0, 0.1) is 45.8 Å². The molecule has 0 aromatic rings. The van der Waals surface area contributed by atoms with Crippen LogP contribution in [-0.4, -0.2) is 41.1 Å². The Morgan fingerprint density at radius 1 is 1.00 bits per heavy atom. The number of hydrogen-bond acceptors (Lipinski definition) is 5. The lowest BCUT2D eigenvalue weighted by Crippen LogP contribution is -2.54. The SMILES string of the molecule is C=C(CC[C@@H](C)C1CCC=C2C3=C([C@@H](O)CC21C)C1(C)CC[C@H](C)C(C)(C)C1CC3)C(C)C.CC(=O)O.COC(=O)CCC(C)=O. The quantitative estimate of drug-likeness (QED) is 0.202. The van der Waals surface area contributed by atoms with Gasteiger partial charge in [-0.3, -0.25) is 9.59 Å². The highest BCUT2D eigenvalue weighted by molar-refractivity contribution is 5.80. The van der Waals surface area contributed by atoms with Crippen LogP contribution in [0.15, 0.2) is 34.9 Å². The number of ether oxygens (including phenoxy) is 1. The van der Waals surface area contributed by atoms with Gasteiger partial charge in [-0.05, 0) is 127 Å². The smallest absolute Gasteiger partial charge is 0.305 e. The van der Waals surface area contributed by atoms with Gasteiger partial charge in [0.2, 0.25) is 0 Å². The molecule has 0 amide bonds. The Morgan fingerprint density at radius 3 is 2.15 bits per heavy atom. The molecule has 7 atom stereocenters. The second kappa shape index (κ2) is 16.3. The summed E-state index contributed by atoms with van der Waals surface area (Å²) in [5.41, 5.74) is 6.72. The van der Waals surface area contributed by atoms with Gasteiger partial charge < -0.3 is 19.7 Å². The summed E-state index contributed by atoms with van der Waals surface area (Å²) in [4.78, 5) is 29.6. The molecule has 4 unspecified atom stereocenters. The molecule has 4 aliphatic carbocycles. The van der Waals surface area contributed by atoms with Crippen molar-refractivity contribution >= 4 is 17.7 Å². The summed E-state index contributed by atoms with van der Waals surface area (Å²) in [6, 6.07) is 0. The zero-order valence-corrected chi connectivity index (χ0v) is 31.1. The maximum absolute atomic E-state index is 11.8. The second-order valence-electron chi connectivity index (χ2n) is 16.2. The van der Waals surface area contributed by atoms with E-state index in [1.807, 2.05) is 0 Å². The summed E-state index contributed by atoms with van der Waals surface area (Å²) in [6.45, 7) is 26.4. The van der Waals surface area contributed by atoms with E-state index in [1.165, 1.54) is 70.1 Å². The zero-order chi connectivity index (χ0) is 35.2. The average Bonchev–Trinajstić information content (AvgIpc) is 2.95. The maximum atomic E-state index is 11.8. The number of ketones is 1. The van der Waals surface area contributed by atoms with Gasteiger partial charge in [-0.1, -0.05) is 73.6 Å². The molecule has 6 nitrogen and oxygen atoms in total. The fourth-order valence-electron chi connectivity index (χ4n) is 9.46. The molecule has 0 spiro atoms. The van der Waals surface area contributed by atoms with Gasteiger partial charge in [0.1, 0.15) is 5.78 Å². The van der Waals surface area contributed by atoms with E-state index in [2.05, 4.69) is 72.8 Å². The normalized spacial score (nSPS) is 31.7. The number of Topliss-reactive ketones (excluding diaryl/α,β-unsaturated/α-hetero) is 1. The lowest BCUT2D eigenvalue weighted by Gasteiger charge is -2.61. The number of carboxylic acid groups (broad SMARTS) is 1. The Kier molecular flexibility index (Phi) is 14.1. The summed E-state index contributed by atoms with van der Waals surface area (Å²) in [7, 11) is 1.31. The lowest BCUT2D eigenvalue weighted by atomic mass is 9.43. The average molecular weight is 643 g/mol. The van der Waals surface area contributed by atoms with Gasteiger partial charge in [-0.25, -0.2) is 0 Å². The number of fused-ring (bicyclic) bond motifs is 4. The molecule has 6 heteroatoms. The van der Waals surface area contributed by atoms with E-state index >= 15 is 0 Å². The molecule has 4 rings (SSSR count). The van der Waals surface area contributed by atoms with Gasteiger partial charge in [0.05, 0.1) is 19.6 Å². The van der Waals surface area contributed by atoms with Crippen LogP contribution in [-0.2, 0) is 19.1 Å². The van der Waals surface area contributed by atoms with Gasteiger partial charge in [0.15, 0.2) is 0 Å². The van der Waals surface area contributed by atoms with Gasteiger partial charge in [-0.15, -0.1) is 0 Å². The third-order valence-electron chi connectivity index (χ3n) is 12.5. The van der Waals surface area contributed by atoms with E-state index in [1.54, 1.807) is 11.1 Å². The van der Waals surface area contributed by atoms with Crippen molar-refractivity contribution in [3.8, 4) is 0 Å². The van der Waals surface area contributed by atoms with Crippen molar-refractivity contribution < 1.29 is 29.3 Å². The Labute approximate surface area is 280 Å². The number of carbonyl (C=O) groups is 3. The summed E-state index contributed by atoms with van der Waals surface area (Å²) in [5, 5.41) is 19.3. The van der Waals surface area contributed by atoms with E-state index in [4.69, 9.17) is 9.90 Å². The highest BCUT2D eigenvalue weighted by atomic mass is 16.5. The lowest BCUT2D eigenvalue weighted by molar-refractivity contribution is -0.141. The topological polar surface area (TPSA) is 101 Å². The first kappa shape index (κ1) is 40.0. The van der Waals surface area contributed by atoms with Crippen molar-refractivity contribution in [1.82, 2.24) is 0 Å². The summed E-state index contributed by atoms with van der Waals surface area (Å²) >= 11 is 0. The van der Waals surface area contributed by atoms with E-state index in [0.29, 0.717) is 29.1 Å². The molecule has 0 bridgehead atoms. The Morgan fingerprint density at radius 2 is 1.61 bits per heavy atom. The first-order chi connectivity index (χ1) is 21.2. The van der Waals surface area contributed by atoms with Crippen molar-refractivity contribution in [2.75, 3.05) is 7.11 Å². The number of aliphatic hydroxyl groups excluding tert-OH is 1. The van der Waals surface area contributed by atoms with Crippen molar-refractivity contribution in [3.63, 3.8) is 0 Å². The fraction of sp³-hybridized carbons (Fsp3) is 0.775. The minimum Gasteiger partial charge on any atom is -0.481 e. The molecule has 0 aromatic heterocycles. The van der Waals surface area contributed by atoms with E-state index in [0.717, 1.165) is 25.7 Å². The van der Waals surface area contributed by atoms with Crippen LogP contribution in [0.1, 0.15) is 140 Å². The monoisotopic (exact) mass is 642 g/mol. The number of esters is 1. The van der Waals surface area contributed by atoms with Crippen LogP contribution in [0.25, 0.3) is 0 Å². The largest absolute Gasteiger partial charge is 0.481 e. The molecule has 0 aromatic carbocycles. The van der Waals surface area contributed by atoms with Crippen LogP contribution in [0.5, 0.6) is 0 Å². The highest BCUT2D eigenvalue weighted by Gasteiger charge is 2.58. The van der Waals surface area contributed by atoms with Gasteiger partial charge in [-0.2, -0.15) is 0 Å². The number of rotatable bonds is 8.